The van der Waals surface area contributed by atoms with Crippen LogP contribution in [-0.2, 0) is 15.3 Å². The lowest BCUT2D eigenvalue weighted by atomic mass is 9.93. The van der Waals surface area contributed by atoms with Crippen molar-refractivity contribution in [1.82, 2.24) is 10.2 Å². The zero-order chi connectivity index (χ0) is 26.1. The molecule has 1 fully saturated rings. The van der Waals surface area contributed by atoms with Crippen LogP contribution in [-0.4, -0.2) is 27.0 Å². The molecule has 1 atom stereocenters. The first-order chi connectivity index (χ1) is 17.8. The van der Waals surface area contributed by atoms with E-state index in [1.807, 2.05) is 86.6 Å². The number of rotatable bonds is 6. The van der Waals surface area contributed by atoms with Gasteiger partial charge in [0.15, 0.2) is 4.34 Å². The number of carbonyl (C=O) groups excluding carboxylic acids is 2. The van der Waals surface area contributed by atoms with E-state index in [-0.39, 0.29) is 16.5 Å². The summed E-state index contributed by atoms with van der Waals surface area (Å²) in [5.41, 5.74) is 3.94. The van der Waals surface area contributed by atoms with Crippen molar-refractivity contribution in [3.05, 3.63) is 111 Å². The van der Waals surface area contributed by atoms with Crippen molar-refractivity contribution < 1.29 is 14.7 Å². The van der Waals surface area contributed by atoms with Gasteiger partial charge in [0.2, 0.25) is 5.13 Å². The number of aliphatic hydroxyl groups is 1. The largest absolute Gasteiger partial charge is 0.507 e. The van der Waals surface area contributed by atoms with Crippen LogP contribution in [0.15, 0.2) is 82.7 Å². The number of ketones is 1. The Kier molecular flexibility index (Phi) is 7.15. The lowest BCUT2D eigenvalue weighted by Gasteiger charge is -2.22. The molecule has 186 valence electrons. The molecule has 0 radical (unpaired) electrons. The molecule has 1 saturated heterocycles. The molecule has 1 amide bonds. The molecule has 5 rings (SSSR count). The van der Waals surface area contributed by atoms with Gasteiger partial charge in [-0.1, -0.05) is 101 Å². The molecule has 1 N–H and O–H groups in total. The molecule has 1 aliphatic heterocycles. The second kappa shape index (κ2) is 10.5. The maximum absolute atomic E-state index is 13.4. The van der Waals surface area contributed by atoms with E-state index >= 15 is 0 Å². The predicted molar refractivity (Wildman–Crippen MR) is 148 cm³/mol. The fourth-order valence-corrected chi connectivity index (χ4v) is 6.38. The number of aliphatic hydroxyl groups excluding tert-OH is 1. The van der Waals surface area contributed by atoms with Crippen LogP contribution in [0.2, 0.25) is 5.02 Å². The molecule has 9 heteroatoms. The smallest absolute Gasteiger partial charge is 0.301 e. The predicted octanol–water partition coefficient (Wildman–Crippen LogP) is 6.73. The molecule has 0 aliphatic carbocycles. The van der Waals surface area contributed by atoms with Gasteiger partial charge < -0.3 is 5.11 Å². The van der Waals surface area contributed by atoms with E-state index < -0.39 is 17.7 Å². The molecule has 0 spiro atoms. The number of aryl methyl sites for hydroxylation is 2. The van der Waals surface area contributed by atoms with Gasteiger partial charge in [-0.25, -0.2) is 0 Å². The molecule has 1 aliphatic rings. The van der Waals surface area contributed by atoms with Crippen LogP contribution in [0.1, 0.15) is 33.9 Å². The van der Waals surface area contributed by atoms with E-state index in [0.29, 0.717) is 26.2 Å². The Hall–Kier alpha value is -3.46. The van der Waals surface area contributed by atoms with Crippen molar-refractivity contribution in [1.29, 1.82) is 0 Å². The summed E-state index contributed by atoms with van der Waals surface area (Å²) in [7, 11) is 0. The number of carbonyl (C=O) groups is 2. The van der Waals surface area contributed by atoms with Crippen molar-refractivity contribution in [2.24, 2.45) is 0 Å². The van der Waals surface area contributed by atoms with E-state index in [0.717, 1.165) is 16.7 Å². The van der Waals surface area contributed by atoms with E-state index in [9.17, 15) is 14.7 Å². The van der Waals surface area contributed by atoms with Crippen LogP contribution in [0.5, 0.6) is 0 Å². The van der Waals surface area contributed by atoms with Gasteiger partial charge in [-0.3, -0.25) is 14.5 Å². The highest BCUT2D eigenvalue weighted by molar-refractivity contribution is 8.00. The minimum absolute atomic E-state index is 0.0328. The summed E-state index contributed by atoms with van der Waals surface area (Å²) in [6.45, 7) is 3.77. The van der Waals surface area contributed by atoms with Crippen molar-refractivity contribution in [3.8, 4) is 0 Å². The van der Waals surface area contributed by atoms with Crippen LogP contribution >= 0.6 is 34.7 Å². The summed E-state index contributed by atoms with van der Waals surface area (Å²) in [6.07, 6.45) is 0. The molecule has 0 saturated carbocycles. The maximum atomic E-state index is 13.4. The van der Waals surface area contributed by atoms with Gasteiger partial charge in [-0.05, 0) is 42.7 Å². The first-order valence-electron chi connectivity index (χ1n) is 11.5. The van der Waals surface area contributed by atoms with Crippen molar-refractivity contribution in [2.45, 2.75) is 30.0 Å². The molecule has 0 bridgehead atoms. The second-order valence-corrected chi connectivity index (χ2v) is 11.2. The van der Waals surface area contributed by atoms with Crippen LogP contribution in [0.4, 0.5) is 5.13 Å². The van der Waals surface area contributed by atoms with Gasteiger partial charge in [0.25, 0.3) is 5.78 Å². The zero-order valence-corrected chi connectivity index (χ0v) is 22.4. The Morgan fingerprint density at radius 2 is 1.76 bits per heavy atom. The fourth-order valence-electron chi connectivity index (χ4n) is 4.23. The number of benzene rings is 3. The molecule has 37 heavy (non-hydrogen) atoms. The standard InChI is InChI=1S/C28H22ClN3O3S2/c1-16-12-13-17(2)20(14-16)24(33)22-23(18-8-4-3-5-9-18)32(26(35)25(22)34)27-30-31-28(37-27)36-15-19-10-6-7-11-21(19)29/h3-14,23,33H,15H2,1-2H3/b24-22+. The van der Waals surface area contributed by atoms with E-state index in [4.69, 9.17) is 11.6 Å². The summed E-state index contributed by atoms with van der Waals surface area (Å²) in [4.78, 5) is 28.1. The van der Waals surface area contributed by atoms with Crippen LogP contribution in [0.3, 0.4) is 0 Å². The molecule has 6 nitrogen and oxygen atoms in total. The number of halogens is 1. The average molecular weight is 548 g/mol. The lowest BCUT2D eigenvalue weighted by Crippen LogP contribution is -2.29. The van der Waals surface area contributed by atoms with E-state index in [2.05, 4.69) is 10.2 Å². The number of Topliss-reactive ketones (excluding diaryl/α,β-unsaturated/α-hetero) is 1. The highest BCUT2D eigenvalue weighted by Gasteiger charge is 2.48. The van der Waals surface area contributed by atoms with Gasteiger partial charge in [-0.2, -0.15) is 0 Å². The van der Waals surface area contributed by atoms with Crippen molar-refractivity contribution in [3.63, 3.8) is 0 Å². The van der Waals surface area contributed by atoms with Gasteiger partial charge in [-0.15, -0.1) is 10.2 Å². The minimum atomic E-state index is -0.838. The number of nitrogens with zero attached hydrogens (tertiary/aromatic N) is 3. The Bertz CT molecular complexity index is 1530. The van der Waals surface area contributed by atoms with Crippen molar-refractivity contribution >= 4 is 57.3 Å². The molecule has 4 aromatic rings. The molecular formula is C28H22ClN3O3S2. The third kappa shape index (κ3) is 4.92. The number of anilines is 1. The normalized spacial score (nSPS) is 16.9. The lowest BCUT2D eigenvalue weighted by molar-refractivity contribution is -0.132. The Balaban J connectivity index is 1.56. The number of hydrogen-bond acceptors (Lipinski definition) is 7. The summed E-state index contributed by atoms with van der Waals surface area (Å²) in [6, 6.07) is 21.5. The Labute approximate surface area is 227 Å². The highest BCUT2D eigenvalue weighted by atomic mass is 35.5. The third-order valence-electron chi connectivity index (χ3n) is 6.12. The Morgan fingerprint density at radius 1 is 1.03 bits per heavy atom. The number of thioether (sulfide) groups is 1. The van der Waals surface area contributed by atoms with Crippen LogP contribution < -0.4 is 4.90 Å². The first-order valence-corrected chi connectivity index (χ1v) is 13.7. The monoisotopic (exact) mass is 547 g/mol. The third-order valence-corrected chi connectivity index (χ3v) is 8.59. The van der Waals surface area contributed by atoms with E-state index in [1.54, 1.807) is 0 Å². The molecular weight excluding hydrogens is 526 g/mol. The second-order valence-electron chi connectivity index (χ2n) is 8.63. The number of amides is 1. The van der Waals surface area contributed by atoms with Gasteiger partial charge in [0.05, 0.1) is 11.6 Å². The highest BCUT2D eigenvalue weighted by Crippen LogP contribution is 2.44. The van der Waals surface area contributed by atoms with Gasteiger partial charge in [0.1, 0.15) is 5.76 Å². The average Bonchev–Trinajstić information content (AvgIpc) is 3.47. The van der Waals surface area contributed by atoms with Crippen LogP contribution in [0, 0.1) is 13.8 Å². The van der Waals surface area contributed by atoms with Gasteiger partial charge in [0, 0.05) is 16.3 Å². The summed E-state index contributed by atoms with van der Waals surface area (Å²) >= 11 is 8.94. The molecule has 1 unspecified atom stereocenters. The number of aromatic nitrogens is 2. The summed E-state index contributed by atoms with van der Waals surface area (Å²) < 4.78 is 0.637. The SMILES string of the molecule is Cc1ccc(C)c(/C(O)=C2\C(=O)C(=O)N(c3nnc(SCc4ccccc4Cl)s3)C2c2ccccc2)c1. The summed E-state index contributed by atoms with van der Waals surface area (Å²) in [5.74, 6) is -1.12. The number of hydrogen-bond donors (Lipinski definition) is 1. The maximum Gasteiger partial charge on any atom is 0.301 e. The fraction of sp³-hybridized carbons (Fsp3) is 0.143. The molecule has 1 aromatic heterocycles. The van der Waals surface area contributed by atoms with Gasteiger partial charge >= 0.3 is 5.91 Å². The quantitative estimate of drug-likeness (QED) is 0.0947. The van der Waals surface area contributed by atoms with E-state index in [1.165, 1.54) is 28.0 Å². The minimum Gasteiger partial charge on any atom is -0.507 e. The molecule has 3 aromatic carbocycles. The summed E-state index contributed by atoms with van der Waals surface area (Å²) in [5, 5.41) is 20.8. The Morgan fingerprint density at radius 3 is 2.51 bits per heavy atom. The van der Waals surface area contributed by atoms with Crippen LogP contribution in [0.25, 0.3) is 5.76 Å². The first kappa shape index (κ1) is 25.2. The van der Waals surface area contributed by atoms with Crippen molar-refractivity contribution in [2.75, 3.05) is 4.90 Å². The molecule has 2 heterocycles. The topological polar surface area (TPSA) is 83.4 Å². The zero-order valence-electron chi connectivity index (χ0n) is 20.0.